The van der Waals surface area contributed by atoms with Gasteiger partial charge in [-0.25, -0.2) is 4.79 Å². The predicted octanol–water partition coefficient (Wildman–Crippen LogP) is 2.08. The van der Waals surface area contributed by atoms with Gasteiger partial charge in [-0.15, -0.1) is 13.2 Å². The van der Waals surface area contributed by atoms with Crippen LogP contribution in [0.2, 0.25) is 0 Å². The predicted molar refractivity (Wildman–Crippen MR) is 62.1 cm³/mol. The Morgan fingerprint density at radius 2 is 2.10 bits per heavy atom. The molecule has 1 aliphatic heterocycles. The van der Waals surface area contributed by atoms with Crippen molar-refractivity contribution in [2.75, 3.05) is 5.01 Å². The number of benzene rings is 1. The first kappa shape index (κ1) is 13.7. The smallest absolute Gasteiger partial charge is 0.479 e. The number of anilines is 1. The molecule has 0 amide bonds. The fraction of sp³-hybridized carbons (Fsp3) is 0.167. The summed E-state index contributed by atoms with van der Waals surface area (Å²) in [7, 11) is 0. The maximum Gasteiger partial charge on any atom is 0.502 e. The molecule has 0 saturated carbocycles. The topological polar surface area (TPSA) is 67.6 Å². The van der Waals surface area contributed by atoms with Crippen LogP contribution < -0.4 is 5.01 Å². The zero-order chi connectivity index (χ0) is 14.9. The fourth-order valence-electron chi connectivity index (χ4n) is 1.85. The zero-order valence-corrected chi connectivity index (χ0v) is 9.87. The molecular formula is C12H8F3N3O2. The molecule has 0 fully saturated rings. The first-order chi connectivity index (χ1) is 9.34. The van der Waals surface area contributed by atoms with Crippen LogP contribution in [0.3, 0.4) is 0 Å². The highest BCUT2D eigenvalue weighted by molar-refractivity contribution is 5.81. The van der Waals surface area contributed by atoms with Gasteiger partial charge < -0.3 is 5.11 Å². The van der Waals surface area contributed by atoms with Gasteiger partial charge in [0, 0.05) is 6.20 Å². The van der Waals surface area contributed by atoms with Crippen LogP contribution in [0.15, 0.2) is 36.5 Å². The third-order valence-corrected chi connectivity index (χ3v) is 2.66. The average molecular weight is 283 g/mol. The number of hydrazine groups is 1. The molecule has 0 spiro atoms. The second kappa shape index (κ2) is 4.77. The second-order valence-electron chi connectivity index (χ2n) is 3.94. The van der Waals surface area contributed by atoms with E-state index in [0.29, 0.717) is 11.2 Å². The van der Waals surface area contributed by atoms with Gasteiger partial charge >= 0.3 is 12.3 Å². The number of carboxylic acids is 1. The molecule has 104 valence electrons. The summed E-state index contributed by atoms with van der Waals surface area (Å²) in [6.07, 6.45) is -3.18. The number of rotatable bonds is 2. The monoisotopic (exact) mass is 283 g/mol. The Balaban J connectivity index is 2.47. The molecule has 1 aromatic carbocycles. The van der Waals surface area contributed by atoms with E-state index in [1.165, 1.54) is 24.3 Å². The lowest BCUT2D eigenvalue weighted by Gasteiger charge is -2.34. The standard InChI is InChI=1S/C12H8F3N3O2/c13-12(14,15)17-5-4-10(11(19)20)18(17)9-3-1-2-8(6-9)7-16/h1-6,10H,(H,19,20). The minimum atomic E-state index is -4.76. The molecule has 0 bridgehead atoms. The Hall–Kier alpha value is -2.69. The number of carbonyl (C=O) groups is 1. The molecule has 1 heterocycles. The SMILES string of the molecule is N#Cc1cccc(N2C(C(=O)O)C=CN2C(F)(F)F)c1. The molecule has 0 radical (unpaired) electrons. The van der Waals surface area contributed by atoms with Crippen molar-refractivity contribution < 1.29 is 23.1 Å². The van der Waals surface area contributed by atoms with Gasteiger partial charge in [0.1, 0.15) is 0 Å². The molecule has 2 rings (SSSR count). The molecule has 0 aliphatic carbocycles. The van der Waals surface area contributed by atoms with E-state index in [1.807, 2.05) is 0 Å². The Bertz CT molecular complexity index is 607. The van der Waals surface area contributed by atoms with E-state index in [9.17, 15) is 18.0 Å². The number of nitriles is 1. The summed E-state index contributed by atoms with van der Waals surface area (Å²) >= 11 is 0. The molecule has 0 aromatic heterocycles. The summed E-state index contributed by atoms with van der Waals surface area (Å²) < 4.78 is 38.7. The van der Waals surface area contributed by atoms with Gasteiger partial charge in [-0.2, -0.15) is 10.3 Å². The van der Waals surface area contributed by atoms with E-state index < -0.39 is 18.3 Å². The zero-order valence-electron chi connectivity index (χ0n) is 9.87. The van der Waals surface area contributed by atoms with Gasteiger partial charge in [0.05, 0.1) is 17.3 Å². The van der Waals surface area contributed by atoms with Crippen molar-refractivity contribution in [3.05, 3.63) is 42.1 Å². The molecule has 1 unspecified atom stereocenters. The number of hydrogen-bond acceptors (Lipinski definition) is 4. The van der Waals surface area contributed by atoms with Crippen molar-refractivity contribution >= 4 is 11.7 Å². The first-order valence-electron chi connectivity index (χ1n) is 5.41. The van der Waals surface area contributed by atoms with Gasteiger partial charge in [-0.05, 0) is 24.3 Å². The maximum absolute atomic E-state index is 12.9. The molecule has 1 aliphatic rings. The molecule has 20 heavy (non-hydrogen) atoms. The Kier molecular flexibility index (Phi) is 3.28. The normalized spacial score (nSPS) is 18.2. The summed E-state index contributed by atoms with van der Waals surface area (Å²) in [6.45, 7) is 0. The summed E-state index contributed by atoms with van der Waals surface area (Å²) in [5, 5.41) is 18.2. The number of carboxylic acid groups (broad SMARTS) is 1. The van der Waals surface area contributed by atoms with Crippen LogP contribution >= 0.6 is 0 Å². The highest BCUT2D eigenvalue weighted by Crippen LogP contribution is 2.34. The minimum Gasteiger partial charge on any atom is -0.479 e. The van der Waals surface area contributed by atoms with E-state index in [4.69, 9.17) is 10.4 Å². The van der Waals surface area contributed by atoms with E-state index >= 15 is 0 Å². The van der Waals surface area contributed by atoms with Gasteiger partial charge in [-0.3, -0.25) is 5.01 Å². The number of hydrogen-bond donors (Lipinski definition) is 1. The van der Waals surface area contributed by atoms with Crippen LogP contribution in [-0.4, -0.2) is 28.4 Å². The lowest BCUT2D eigenvalue weighted by Crippen LogP contribution is -2.50. The number of aliphatic carboxylic acids is 1. The van der Waals surface area contributed by atoms with E-state index in [2.05, 4.69) is 0 Å². The molecule has 1 aromatic rings. The molecule has 8 heteroatoms. The third kappa shape index (κ3) is 2.38. The maximum atomic E-state index is 12.9. The van der Waals surface area contributed by atoms with Crippen LogP contribution in [0, 0.1) is 11.3 Å². The van der Waals surface area contributed by atoms with E-state index in [0.717, 1.165) is 6.08 Å². The van der Waals surface area contributed by atoms with Gasteiger partial charge in [-0.1, -0.05) is 6.07 Å². The molecule has 0 saturated heterocycles. The van der Waals surface area contributed by atoms with E-state index in [-0.39, 0.29) is 16.3 Å². The minimum absolute atomic E-state index is 0.0289. The van der Waals surface area contributed by atoms with Crippen molar-refractivity contribution in [1.82, 2.24) is 5.01 Å². The summed E-state index contributed by atoms with van der Waals surface area (Å²) in [6, 6.07) is 5.62. The lowest BCUT2D eigenvalue weighted by molar-refractivity contribution is -0.229. The molecule has 1 N–H and O–H groups in total. The van der Waals surface area contributed by atoms with Crippen LogP contribution in [-0.2, 0) is 4.79 Å². The summed E-state index contributed by atoms with van der Waals surface area (Å²) in [5.41, 5.74) is 0.111. The highest BCUT2D eigenvalue weighted by Gasteiger charge is 2.46. The third-order valence-electron chi connectivity index (χ3n) is 2.66. The first-order valence-corrected chi connectivity index (χ1v) is 5.41. The number of nitrogens with zero attached hydrogens (tertiary/aromatic N) is 3. The van der Waals surface area contributed by atoms with Crippen LogP contribution in [0.25, 0.3) is 0 Å². The average Bonchev–Trinajstić information content (AvgIpc) is 2.83. The van der Waals surface area contributed by atoms with Crippen molar-refractivity contribution in [2.45, 2.75) is 12.3 Å². The Morgan fingerprint density at radius 3 is 2.65 bits per heavy atom. The summed E-state index contributed by atoms with van der Waals surface area (Å²) in [5.74, 6) is -1.42. The van der Waals surface area contributed by atoms with Gasteiger partial charge in [0.15, 0.2) is 6.04 Å². The van der Waals surface area contributed by atoms with Crippen molar-refractivity contribution in [2.24, 2.45) is 0 Å². The lowest BCUT2D eigenvalue weighted by atomic mass is 10.2. The van der Waals surface area contributed by atoms with Crippen LogP contribution in [0.1, 0.15) is 5.56 Å². The summed E-state index contributed by atoms with van der Waals surface area (Å²) in [4.78, 5) is 11.1. The van der Waals surface area contributed by atoms with Crippen LogP contribution in [0.5, 0.6) is 0 Å². The quantitative estimate of drug-likeness (QED) is 0.842. The second-order valence-corrected chi connectivity index (χ2v) is 3.94. The van der Waals surface area contributed by atoms with Crippen molar-refractivity contribution in [1.29, 1.82) is 5.26 Å². The van der Waals surface area contributed by atoms with Crippen molar-refractivity contribution in [3.8, 4) is 6.07 Å². The van der Waals surface area contributed by atoms with Gasteiger partial charge in [0.2, 0.25) is 0 Å². The number of alkyl halides is 3. The van der Waals surface area contributed by atoms with Crippen LogP contribution in [0.4, 0.5) is 18.9 Å². The highest BCUT2D eigenvalue weighted by atomic mass is 19.4. The number of halogens is 3. The molecule has 5 nitrogen and oxygen atoms in total. The van der Waals surface area contributed by atoms with Gasteiger partial charge in [0.25, 0.3) is 0 Å². The van der Waals surface area contributed by atoms with E-state index in [1.54, 1.807) is 6.07 Å². The fourth-order valence-corrected chi connectivity index (χ4v) is 1.85. The molecular weight excluding hydrogens is 275 g/mol. The Morgan fingerprint density at radius 1 is 1.40 bits per heavy atom. The molecule has 1 atom stereocenters. The van der Waals surface area contributed by atoms with Crippen molar-refractivity contribution in [3.63, 3.8) is 0 Å². The largest absolute Gasteiger partial charge is 0.502 e. The Labute approximate surface area is 111 Å².